The Bertz CT molecular complexity index is 320. The molecule has 4 saturated carbocycles. The maximum atomic E-state index is 12.3. The first-order valence-corrected chi connectivity index (χ1v) is 7.11. The Morgan fingerprint density at radius 1 is 1.22 bits per heavy atom. The number of nitrogens with zero attached hydrogens (tertiary/aromatic N) is 1. The van der Waals surface area contributed by atoms with Crippen molar-refractivity contribution in [2.75, 3.05) is 14.2 Å². The van der Waals surface area contributed by atoms with E-state index in [2.05, 4.69) is 0 Å². The lowest BCUT2D eigenvalue weighted by Gasteiger charge is -2.58. The summed E-state index contributed by atoms with van der Waals surface area (Å²) in [5.74, 6) is 2.41. The first kappa shape index (κ1) is 12.4. The molecule has 1 amide bonds. The molecule has 4 aliphatic carbocycles. The maximum Gasteiger partial charge on any atom is 0.263 e. The van der Waals surface area contributed by atoms with Gasteiger partial charge in [0, 0.05) is 7.05 Å². The van der Waals surface area contributed by atoms with Gasteiger partial charge in [-0.15, -0.1) is 0 Å². The zero-order valence-corrected chi connectivity index (χ0v) is 11.4. The lowest BCUT2D eigenvalue weighted by Crippen LogP contribution is -2.59. The Morgan fingerprint density at radius 2 is 1.67 bits per heavy atom. The van der Waals surface area contributed by atoms with Crippen LogP contribution in [0.1, 0.15) is 38.5 Å². The predicted octanol–water partition coefficient (Wildman–Crippen LogP) is 1.55. The van der Waals surface area contributed by atoms with E-state index in [4.69, 9.17) is 10.6 Å². The molecular formula is C14H24N2O2. The molecule has 0 heterocycles. The molecule has 0 radical (unpaired) electrons. The predicted molar refractivity (Wildman–Crippen MR) is 68.4 cm³/mol. The Kier molecular flexibility index (Phi) is 2.90. The quantitative estimate of drug-likeness (QED) is 0.775. The van der Waals surface area contributed by atoms with Gasteiger partial charge in [-0.1, -0.05) is 0 Å². The van der Waals surface area contributed by atoms with Gasteiger partial charge in [0.05, 0.1) is 13.2 Å². The number of amides is 1. The van der Waals surface area contributed by atoms with Crippen LogP contribution in [0.25, 0.3) is 0 Å². The summed E-state index contributed by atoms with van der Waals surface area (Å²) in [6, 6.07) is -0.379. The van der Waals surface area contributed by atoms with E-state index in [0.717, 1.165) is 37.0 Å². The number of carbonyl (C=O) groups is 1. The summed E-state index contributed by atoms with van der Waals surface area (Å²) in [7, 11) is 3.17. The van der Waals surface area contributed by atoms with E-state index in [0.29, 0.717) is 0 Å². The standard InChI is InChI=1S/C14H24N2O2/c1-16(18-2)13(17)12(15)14-6-9-3-10(7-14)5-11(4-9)8-14/h9-12H,3-8,15H2,1-2H3. The molecule has 1 unspecified atom stereocenters. The van der Waals surface area contributed by atoms with Gasteiger partial charge >= 0.3 is 0 Å². The number of hydroxylamine groups is 2. The molecule has 2 N–H and O–H groups in total. The second kappa shape index (κ2) is 4.20. The zero-order valence-electron chi connectivity index (χ0n) is 11.4. The van der Waals surface area contributed by atoms with E-state index in [1.54, 1.807) is 7.05 Å². The SMILES string of the molecule is CON(C)C(=O)C(N)C12CC3CC(CC(C3)C1)C2. The molecule has 0 aromatic carbocycles. The van der Waals surface area contributed by atoms with Crippen LogP contribution in [0.4, 0.5) is 0 Å². The average molecular weight is 252 g/mol. The van der Waals surface area contributed by atoms with Crippen LogP contribution < -0.4 is 5.73 Å². The van der Waals surface area contributed by atoms with Gasteiger partial charge in [-0.05, 0) is 61.7 Å². The van der Waals surface area contributed by atoms with E-state index in [1.165, 1.54) is 31.4 Å². The number of rotatable bonds is 3. The van der Waals surface area contributed by atoms with Crippen LogP contribution >= 0.6 is 0 Å². The zero-order chi connectivity index (χ0) is 12.9. The van der Waals surface area contributed by atoms with Gasteiger partial charge in [0.15, 0.2) is 0 Å². The summed E-state index contributed by atoms with van der Waals surface area (Å²) >= 11 is 0. The molecule has 4 nitrogen and oxygen atoms in total. The molecule has 0 saturated heterocycles. The third kappa shape index (κ3) is 1.77. The Balaban J connectivity index is 1.80. The van der Waals surface area contributed by atoms with Crippen molar-refractivity contribution in [1.29, 1.82) is 0 Å². The van der Waals surface area contributed by atoms with E-state index in [9.17, 15) is 4.79 Å². The summed E-state index contributed by atoms with van der Waals surface area (Å²) in [4.78, 5) is 17.3. The molecule has 4 bridgehead atoms. The lowest BCUT2D eigenvalue weighted by atomic mass is 9.47. The molecule has 4 aliphatic rings. The first-order chi connectivity index (χ1) is 8.54. The van der Waals surface area contributed by atoms with Crippen LogP contribution in [-0.2, 0) is 9.63 Å². The molecular weight excluding hydrogens is 228 g/mol. The Morgan fingerprint density at radius 3 is 2.06 bits per heavy atom. The molecule has 4 rings (SSSR count). The number of hydrogen-bond donors (Lipinski definition) is 1. The van der Waals surface area contributed by atoms with Crippen molar-refractivity contribution < 1.29 is 9.63 Å². The molecule has 1 atom stereocenters. The third-order valence-electron chi connectivity index (χ3n) is 5.60. The van der Waals surface area contributed by atoms with E-state index in [1.807, 2.05) is 0 Å². The number of carbonyl (C=O) groups excluding carboxylic acids is 1. The molecule has 0 aliphatic heterocycles. The molecule has 4 heteroatoms. The summed E-state index contributed by atoms with van der Waals surface area (Å²) in [6.07, 6.45) is 7.59. The average Bonchev–Trinajstić information content (AvgIpc) is 2.34. The van der Waals surface area contributed by atoms with Crippen molar-refractivity contribution in [3.05, 3.63) is 0 Å². The van der Waals surface area contributed by atoms with Gasteiger partial charge in [-0.3, -0.25) is 9.63 Å². The highest BCUT2D eigenvalue weighted by molar-refractivity contribution is 5.81. The number of likely N-dealkylation sites (N-methyl/N-ethyl adjacent to an activating group) is 1. The van der Waals surface area contributed by atoms with Crippen molar-refractivity contribution in [3.63, 3.8) is 0 Å². The monoisotopic (exact) mass is 252 g/mol. The minimum atomic E-state index is -0.379. The molecule has 18 heavy (non-hydrogen) atoms. The molecule has 0 aromatic rings. The molecule has 0 aromatic heterocycles. The highest BCUT2D eigenvalue weighted by atomic mass is 16.7. The fraction of sp³-hybridized carbons (Fsp3) is 0.929. The topological polar surface area (TPSA) is 55.6 Å². The van der Waals surface area contributed by atoms with E-state index in [-0.39, 0.29) is 17.4 Å². The van der Waals surface area contributed by atoms with Gasteiger partial charge in [-0.2, -0.15) is 0 Å². The summed E-state index contributed by atoms with van der Waals surface area (Å²) in [5.41, 5.74) is 6.39. The fourth-order valence-electron chi connectivity index (χ4n) is 5.11. The van der Waals surface area contributed by atoms with Crippen LogP contribution in [0, 0.1) is 23.2 Å². The van der Waals surface area contributed by atoms with Crippen molar-refractivity contribution >= 4 is 5.91 Å². The van der Waals surface area contributed by atoms with Gasteiger partial charge in [0.25, 0.3) is 5.91 Å². The Labute approximate surface area is 109 Å². The van der Waals surface area contributed by atoms with Crippen molar-refractivity contribution in [2.45, 2.75) is 44.6 Å². The summed E-state index contributed by atoms with van der Waals surface area (Å²) in [5, 5.41) is 1.29. The third-order valence-corrected chi connectivity index (χ3v) is 5.60. The minimum absolute atomic E-state index is 0.0561. The van der Waals surface area contributed by atoms with Gasteiger partial charge < -0.3 is 5.73 Å². The summed E-state index contributed by atoms with van der Waals surface area (Å²) < 4.78 is 0. The van der Waals surface area contributed by atoms with E-state index >= 15 is 0 Å². The van der Waals surface area contributed by atoms with Crippen LogP contribution in [0.15, 0.2) is 0 Å². The second-order valence-electron chi connectivity index (χ2n) is 6.78. The molecule has 0 spiro atoms. The highest BCUT2D eigenvalue weighted by Gasteiger charge is 2.55. The van der Waals surface area contributed by atoms with Gasteiger partial charge in [0.2, 0.25) is 0 Å². The first-order valence-electron chi connectivity index (χ1n) is 7.11. The number of nitrogens with two attached hydrogens (primary N) is 1. The minimum Gasteiger partial charge on any atom is -0.319 e. The maximum absolute atomic E-state index is 12.3. The van der Waals surface area contributed by atoms with Gasteiger partial charge in [-0.25, -0.2) is 5.06 Å². The van der Waals surface area contributed by atoms with Gasteiger partial charge in [0.1, 0.15) is 0 Å². The Hall–Kier alpha value is -0.610. The highest BCUT2D eigenvalue weighted by Crippen LogP contribution is 2.61. The van der Waals surface area contributed by atoms with Crippen molar-refractivity contribution in [1.82, 2.24) is 5.06 Å². The van der Waals surface area contributed by atoms with Crippen molar-refractivity contribution in [3.8, 4) is 0 Å². The van der Waals surface area contributed by atoms with Crippen LogP contribution in [-0.4, -0.2) is 31.2 Å². The summed E-state index contributed by atoms with van der Waals surface area (Å²) in [6.45, 7) is 0. The molecule has 102 valence electrons. The number of hydrogen-bond acceptors (Lipinski definition) is 3. The molecule has 4 fully saturated rings. The largest absolute Gasteiger partial charge is 0.319 e. The lowest BCUT2D eigenvalue weighted by molar-refractivity contribution is -0.178. The second-order valence-corrected chi connectivity index (χ2v) is 6.78. The smallest absolute Gasteiger partial charge is 0.263 e. The fourth-order valence-corrected chi connectivity index (χ4v) is 5.11. The van der Waals surface area contributed by atoms with Crippen LogP contribution in [0.2, 0.25) is 0 Å². The van der Waals surface area contributed by atoms with Crippen LogP contribution in [0.5, 0.6) is 0 Å². The van der Waals surface area contributed by atoms with Crippen LogP contribution in [0.3, 0.4) is 0 Å². The normalized spacial score (nSPS) is 42.9. The van der Waals surface area contributed by atoms with Crippen molar-refractivity contribution in [2.24, 2.45) is 28.9 Å². The van der Waals surface area contributed by atoms with E-state index < -0.39 is 0 Å².